The fourth-order valence-electron chi connectivity index (χ4n) is 1.99. The Kier molecular flexibility index (Phi) is 7.01. The molecule has 0 aliphatic carbocycles. The highest BCUT2D eigenvalue weighted by molar-refractivity contribution is 5.85. The summed E-state index contributed by atoms with van der Waals surface area (Å²) >= 11 is 0. The van der Waals surface area contributed by atoms with Crippen LogP contribution >= 0.6 is 0 Å². The molecule has 0 aliphatic rings. The number of rotatable bonds is 7. The number of hydrogen-bond acceptors (Lipinski definition) is 4. The van der Waals surface area contributed by atoms with Crippen molar-refractivity contribution >= 4 is 17.6 Å². The first-order valence-electron chi connectivity index (χ1n) is 8.12. The summed E-state index contributed by atoms with van der Waals surface area (Å²) in [5, 5.41) is 12.0. The number of aliphatic carboxylic acids is 1. The molecule has 0 saturated heterocycles. The summed E-state index contributed by atoms with van der Waals surface area (Å²) in [7, 11) is 0. The van der Waals surface area contributed by atoms with Gasteiger partial charge in [0.25, 0.3) is 0 Å². The second kappa shape index (κ2) is 8.52. The summed E-state index contributed by atoms with van der Waals surface area (Å²) in [6, 6.07) is 7.71. The van der Waals surface area contributed by atoms with Crippen LogP contribution < -0.4 is 5.32 Å². The van der Waals surface area contributed by atoms with E-state index in [2.05, 4.69) is 26.1 Å². The number of carbonyl (C=O) groups excluding carboxylic acids is 1. The highest BCUT2D eigenvalue weighted by Crippen LogP contribution is 2.24. The van der Waals surface area contributed by atoms with Crippen molar-refractivity contribution in [1.29, 1.82) is 0 Å². The number of nitrogens with one attached hydrogen (secondary N) is 1. The monoisotopic (exact) mass is 333 g/mol. The number of ether oxygens (including phenoxy) is 1. The first-order chi connectivity index (χ1) is 11.1. The zero-order valence-electron chi connectivity index (χ0n) is 15.1. The van der Waals surface area contributed by atoms with E-state index < -0.39 is 11.9 Å². The molecule has 1 aromatic rings. The first-order valence-corrected chi connectivity index (χ1v) is 8.12. The van der Waals surface area contributed by atoms with Crippen LogP contribution in [0.5, 0.6) is 0 Å². The SMILES string of the molecule is CCC(C)OC(=O)C=C(CC(=O)O)Nc1ccc(C(C)(C)C)cc1. The van der Waals surface area contributed by atoms with Gasteiger partial charge >= 0.3 is 11.9 Å². The molecule has 1 unspecified atom stereocenters. The van der Waals surface area contributed by atoms with E-state index in [4.69, 9.17) is 9.84 Å². The van der Waals surface area contributed by atoms with Gasteiger partial charge in [0.05, 0.1) is 12.5 Å². The van der Waals surface area contributed by atoms with Gasteiger partial charge in [0.2, 0.25) is 0 Å². The molecule has 0 saturated carbocycles. The van der Waals surface area contributed by atoms with Gasteiger partial charge < -0.3 is 15.2 Å². The number of benzene rings is 1. The van der Waals surface area contributed by atoms with E-state index in [9.17, 15) is 9.59 Å². The Morgan fingerprint density at radius 1 is 1.25 bits per heavy atom. The van der Waals surface area contributed by atoms with E-state index in [1.165, 1.54) is 11.6 Å². The highest BCUT2D eigenvalue weighted by atomic mass is 16.5. The van der Waals surface area contributed by atoms with Crippen molar-refractivity contribution in [2.45, 2.75) is 59.0 Å². The molecule has 1 rings (SSSR count). The molecule has 0 amide bonds. The molecule has 1 aromatic carbocycles. The smallest absolute Gasteiger partial charge is 0.332 e. The van der Waals surface area contributed by atoms with E-state index in [-0.39, 0.29) is 17.9 Å². The van der Waals surface area contributed by atoms with Gasteiger partial charge in [-0.15, -0.1) is 0 Å². The summed E-state index contributed by atoms with van der Waals surface area (Å²) in [5.41, 5.74) is 2.23. The Balaban J connectivity index is 2.89. The quantitative estimate of drug-likeness (QED) is 0.580. The fourth-order valence-corrected chi connectivity index (χ4v) is 1.99. The van der Waals surface area contributed by atoms with Crippen LogP contribution in [0.1, 0.15) is 53.0 Å². The summed E-state index contributed by atoms with van der Waals surface area (Å²) in [4.78, 5) is 22.9. The molecule has 0 aliphatic heterocycles. The van der Waals surface area contributed by atoms with Crippen LogP contribution in [0.15, 0.2) is 36.0 Å². The summed E-state index contributed by atoms with van der Waals surface area (Å²) in [6.45, 7) is 10.1. The van der Waals surface area contributed by atoms with E-state index in [1.807, 2.05) is 31.2 Å². The largest absolute Gasteiger partial charge is 0.481 e. The molecule has 1 atom stereocenters. The maximum Gasteiger partial charge on any atom is 0.332 e. The van der Waals surface area contributed by atoms with Crippen LogP contribution in [0.25, 0.3) is 0 Å². The highest BCUT2D eigenvalue weighted by Gasteiger charge is 2.14. The third-order valence-electron chi connectivity index (χ3n) is 3.58. The van der Waals surface area contributed by atoms with Crippen molar-refractivity contribution in [1.82, 2.24) is 0 Å². The molecule has 24 heavy (non-hydrogen) atoms. The minimum absolute atomic E-state index is 0.0400. The molecule has 0 spiro atoms. The summed E-state index contributed by atoms with van der Waals surface area (Å²) < 4.78 is 5.16. The molecular formula is C19H27NO4. The van der Waals surface area contributed by atoms with Crippen LogP contribution in [0.3, 0.4) is 0 Å². The van der Waals surface area contributed by atoms with Crippen molar-refractivity contribution in [3.8, 4) is 0 Å². The van der Waals surface area contributed by atoms with E-state index in [1.54, 1.807) is 6.92 Å². The molecule has 0 aromatic heterocycles. The van der Waals surface area contributed by atoms with Gasteiger partial charge in [0, 0.05) is 17.5 Å². The molecule has 0 bridgehead atoms. The maximum absolute atomic E-state index is 11.8. The third kappa shape index (κ3) is 6.86. The van der Waals surface area contributed by atoms with Crippen molar-refractivity contribution in [3.63, 3.8) is 0 Å². The minimum Gasteiger partial charge on any atom is -0.481 e. The molecule has 2 N–H and O–H groups in total. The zero-order chi connectivity index (χ0) is 18.3. The van der Waals surface area contributed by atoms with E-state index >= 15 is 0 Å². The normalized spacial score (nSPS) is 13.3. The average Bonchev–Trinajstić information content (AvgIpc) is 2.45. The summed E-state index contributed by atoms with van der Waals surface area (Å²) in [5.74, 6) is -1.56. The lowest BCUT2D eigenvalue weighted by atomic mass is 9.87. The van der Waals surface area contributed by atoms with E-state index in [0.29, 0.717) is 12.1 Å². The number of carboxylic acid groups (broad SMARTS) is 1. The van der Waals surface area contributed by atoms with Gasteiger partial charge in [-0.05, 0) is 36.5 Å². The standard InChI is InChI=1S/C19H27NO4/c1-6-13(2)24-18(23)12-16(11-17(21)22)20-15-9-7-14(8-10-15)19(3,4)5/h7-10,12-13,20H,6,11H2,1-5H3,(H,21,22). The number of esters is 1. The number of hydrogen-bond donors (Lipinski definition) is 2. The van der Waals surface area contributed by atoms with Crippen molar-refractivity contribution in [2.75, 3.05) is 5.32 Å². The van der Waals surface area contributed by atoms with Gasteiger partial charge in [-0.25, -0.2) is 4.79 Å². The molecule has 0 fully saturated rings. The van der Waals surface area contributed by atoms with Crippen molar-refractivity contribution < 1.29 is 19.4 Å². The Bertz CT molecular complexity index is 597. The van der Waals surface area contributed by atoms with Crippen LogP contribution in [-0.2, 0) is 19.7 Å². The second-order valence-corrected chi connectivity index (χ2v) is 6.85. The first kappa shape index (κ1) is 19.7. The predicted octanol–water partition coefficient (Wildman–Crippen LogP) is 4.10. The van der Waals surface area contributed by atoms with Crippen LogP contribution in [-0.4, -0.2) is 23.1 Å². The Labute approximate surface area is 143 Å². The number of carbonyl (C=O) groups is 2. The van der Waals surface area contributed by atoms with Gasteiger partial charge in [0.15, 0.2) is 0 Å². The lowest BCUT2D eigenvalue weighted by Crippen LogP contribution is -2.15. The van der Waals surface area contributed by atoms with Gasteiger partial charge in [0.1, 0.15) is 0 Å². The van der Waals surface area contributed by atoms with Crippen LogP contribution in [0.2, 0.25) is 0 Å². The number of anilines is 1. The fraction of sp³-hybridized carbons (Fsp3) is 0.474. The maximum atomic E-state index is 11.8. The lowest BCUT2D eigenvalue weighted by Gasteiger charge is -2.19. The third-order valence-corrected chi connectivity index (χ3v) is 3.58. The topological polar surface area (TPSA) is 75.6 Å². The summed E-state index contributed by atoms with van der Waals surface area (Å²) in [6.07, 6.45) is 1.43. The van der Waals surface area contributed by atoms with Gasteiger partial charge in [-0.1, -0.05) is 39.8 Å². The van der Waals surface area contributed by atoms with Gasteiger partial charge in [-0.3, -0.25) is 4.79 Å². The van der Waals surface area contributed by atoms with Crippen LogP contribution in [0, 0.1) is 0 Å². The van der Waals surface area contributed by atoms with Crippen LogP contribution in [0.4, 0.5) is 5.69 Å². The van der Waals surface area contributed by atoms with Gasteiger partial charge in [-0.2, -0.15) is 0 Å². The average molecular weight is 333 g/mol. The minimum atomic E-state index is -1.02. The Morgan fingerprint density at radius 2 is 1.83 bits per heavy atom. The molecule has 132 valence electrons. The van der Waals surface area contributed by atoms with E-state index in [0.717, 1.165) is 5.69 Å². The zero-order valence-corrected chi connectivity index (χ0v) is 15.1. The molecular weight excluding hydrogens is 306 g/mol. The molecule has 0 radical (unpaired) electrons. The second-order valence-electron chi connectivity index (χ2n) is 6.85. The number of carboxylic acids is 1. The Morgan fingerprint density at radius 3 is 2.29 bits per heavy atom. The molecule has 0 heterocycles. The lowest BCUT2D eigenvalue weighted by molar-refractivity contribution is -0.142. The van der Waals surface area contributed by atoms with Crippen molar-refractivity contribution in [3.05, 3.63) is 41.6 Å². The molecule has 5 heteroatoms. The Hall–Kier alpha value is -2.30. The predicted molar refractivity (Wildman–Crippen MR) is 94.9 cm³/mol. The molecule has 5 nitrogen and oxygen atoms in total. The van der Waals surface area contributed by atoms with Crippen molar-refractivity contribution in [2.24, 2.45) is 0 Å².